The summed E-state index contributed by atoms with van der Waals surface area (Å²) < 4.78 is 2.44. The van der Waals surface area contributed by atoms with Gasteiger partial charge in [0.1, 0.15) is 12.3 Å². The number of hydrogen-bond donors (Lipinski definition) is 2. The molecule has 1 aromatic carbocycles. The van der Waals surface area contributed by atoms with E-state index in [9.17, 15) is 9.90 Å². The molecule has 0 saturated heterocycles. The van der Waals surface area contributed by atoms with Gasteiger partial charge in [0.25, 0.3) is 0 Å². The molecule has 0 aliphatic heterocycles. The van der Waals surface area contributed by atoms with Crippen molar-refractivity contribution in [2.45, 2.75) is 13.5 Å². The number of carbonyl (C=O) groups is 1. The Labute approximate surface area is 113 Å². The van der Waals surface area contributed by atoms with Crippen molar-refractivity contribution in [3.8, 4) is 5.75 Å². The highest BCUT2D eigenvalue weighted by atomic mass is 79.9. The Morgan fingerprint density at radius 3 is 2.83 bits per heavy atom. The van der Waals surface area contributed by atoms with Gasteiger partial charge in [0, 0.05) is 0 Å². The lowest BCUT2D eigenvalue weighted by Crippen LogP contribution is -2.20. The highest BCUT2D eigenvalue weighted by Crippen LogP contribution is 2.21. The number of nitrogens with zero attached hydrogens (tertiary/aromatic N) is 2. The van der Waals surface area contributed by atoms with Gasteiger partial charge in [-0.25, -0.2) is 0 Å². The number of aromatic hydroxyl groups is 1. The molecule has 1 amide bonds. The van der Waals surface area contributed by atoms with Crippen LogP contribution in [0.2, 0.25) is 0 Å². The molecule has 2 rings (SSSR count). The molecule has 0 spiro atoms. The van der Waals surface area contributed by atoms with E-state index in [4.69, 9.17) is 0 Å². The zero-order valence-corrected chi connectivity index (χ0v) is 11.3. The summed E-state index contributed by atoms with van der Waals surface area (Å²) in [6.45, 7) is 1.97. The number of nitrogens with one attached hydrogen (secondary N) is 1. The van der Waals surface area contributed by atoms with Crippen molar-refractivity contribution in [1.29, 1.82) is 0 Å². The predicted octanol–water partition coefficient (Wildman–Crippen LogP) is 2.30. The average Bonchev–Trinajstić information content (AvgIpc) is 2.64. The van der Waals surface area contributed by atoms with Crippen LogP contribution in [0.1, 0.15) is 5.69 Å². The molecule has 0 atom stereocenters. The second kappa shape index (κ2) is 5.22. The molecular formula is C12H12BrN3O2. The quantitative estimate of drug-likeness (QED) is 0.855. The van der Waals surface area contributed by atoms with E-state index < -0.39 is 0 Å². The number of benzene rings is 1. The van der Waals surface area contributed by atoms with Crippen molar-refractivity contribution in [1.82, 2.24) is 9.78 Å². The lowest BCUT2D eigenvalue weighted by Gasteiger charge is -2.08. The highest BCUT2D eigenvalue weighted by molar-refractivity contribution is 9.10. The summed E-state index contributed by atoms with van der Waals surface area (Å²) in [7, 11) is 0. The summed E-state index contributed by atoms with van der Waals surface area (Å²) in [5.74, 6) is -0.195. The molecule has 0 radical (unpaired) electrons. The molecule has 6 heteroatoms. The third kappa shape index (κ3) is 2.70. The molecule has 0 aliphatic carbocycles. The fourth-order valence-electron chi connectivity index (χ4n) is 1.49. The predicted molar refractivity (Wildman–Crippen MR) is 71.4 cm³/mol. The fraction of sp³-hybridized carbons (Fsp3) is 0.167. The van der Waals surface area contributed by atoms with Gasteiger partial charge in [-0.15, -0.1) is 0 Å². The van der Waals surface area contributed by atoms with Crippen LogP contribution >= 0.6 is 15.9 Å². The second-order valence-corrected chi connectivity index (χ2v) is 4.66. The maximum absolute atomic E-state index is 11.8. The van der Waals surface area contributed by atoms with Crippen molar-refractivity contribution in [3.05, 3.63) is 40.6 Å². The van der Waals surface area contributed by atoms with Crippen molar-refractivity contribution >= 4 is 27.5 Å². The Kier molecular flexibility index (Phi) is 3.66. The Morgan fingerprint density at radius 2 is 2.22 bits per heavy atom. The molecule has 0 unspecified atom stereocenters. The maximum atomic E-state index is 11.8. The molecule has 0 saturated carbocycles. The van der Waals surface area contributed by atoms with Crippen molar-refractivity contribution < 1.29 is 9.90 Å². The van der Waals surface area contributed by atoms with E-state index in [0.717, 1.165) is 10.2 Å². The molecule has 2 N–H and O–H groups in total. The van der Waals surface area contributed by atoms with Gasteiger partial charge >= 0.3 is 0 Å². The summed E-state index contributed by atoms with van der Waals surface area (Å²) >= 11 is 3.33. The minimum atomic E-state index is -0.241. The van der Waals surface area contributed by atoms with E-state index in [1.807, 2.05) is 6.92 Å². The Hall–Kier alpha value is -1.82. The first-order valence-electron chi connectivity index (χ1n) is 5.33. The van der Waals surface area contributed by atoms with E-state index in [-0.39, 0.29) is 18.2 Å². The number of halogens is 1. The third-order valence-electron chi connectivity index (χ3n) is 2.51. The van der Waals surface area contributed by atoms with Crippen LogP contribution in [0.3, 0.4) is 0 Å². The number of carbonyl (C=O) groups excluding carboxylic acids is 1. The van der Waals surface area contributed by atoms with E-state index in [1.54, 1.807) is 29.1 Å². The zero-order chi connectivity index (χ0) is 13.1. The molecular weight excluding hydrogens is 298 g/mol. The number of para-hydroxylation sites is 2. The zero-order valence-electron chi connectivity index (χ0n) is 9.72. The Balaban J connectivity index is 2.06. The first kappa shape index (κ1) is 12.6. The van der Waals surface area contributed by atoms with Crippen LogP contribution in [0.4, 0.5) is 5.69 Å². The maximum Gasteiger partial charge on any atom is 0.246 e. The number of amides is 1. The van der Waals surface area contributed by atoms with E-state index >= 15 is 0 Å². The molecule has 18 heavy (non-hydrogen) atoms. The molecule has 5 nitrogen and oxygen atoms in total. The number of aromatic nitrogens is 2. The van der Waals surface area contributed by atoms with Gasteiger partial charge in [0.2, 0.25) is 5.91 Å². The number of anilines is 1. The van der Waals surface area contributed by atoms with Crippen molar-refractivity contribution in [2.24, 2.45) is 0 Å². The van der Waals surface area contributed by atoms with Crippen LogP contribution in [0.25, 0.3) is 0 Å². The van der Waals surface area contributed by atoms with Crippen molar-refractivity contribution in [2.75, 3.05) is 5.32 Å². The molecule has 0 aliphatic rings. The molecule has 0 bridgehead atoms. The van der Waals surface area contributed by atoms with Gasteiger partial charge in [-0.3, -0.25) is 9.48 Å². The number of hydrogen-bond acceptors (Lipinski definition) is 3. The topological polar surface area (TPSA) is 67.2 Å². The molecule has 2 aromatic rings. The molecule has 0 fully saturated rings. The lowest BCUT2D eigenvalue weighted by atomic mass is 10.3. The monoisotopic (exact) mass is 309 g/mol. The molecule has 1 aromatic heterocycles. The summed E-state index contributed by atoms with van der Waals surface area (Å²) in [5, 5.41) is 16.2. The normalized spacial score (nSPS) is 10.3. The van der Waals surface area contributed by atoms with Gasteiger partial charge < -0.3 is 10.4 Å². The van der Waals surface area contributed by atoms with Crippen molar-refractivity contribution in [3.63, 3.8) is 0 Å². The van der Waals surface area contributed by atoms with E-state index in [0.29, 0.717) is 5.69 Å². The smallest absolute Gasteiger partial charge is 0.246 e. The molecule has 1 heterocycles. The Morgan fingerprint density at radius 1 is 1.50 bits per heavy atom. The summed E-state index contributed by atoms with van der Waals surface area (Å²) in [4.78, 5) is 11.8. The number of phenolic OH excluding ortho intramolecular Hbond substituents is 1. The third-order valence-corrected chi connectivity index (χ3v) is 3.29. The fourth-order valence-corrected chi connectivity index (χ4v) is 1.78. The van der Waals surface area contributed by atoms with Gasteiger partial charge in [-0.1, -0.05) is 12.1 Å². The van der Waals surface area contributed by atoms with Crippen LogP contribution in [-0.4, -0.2) is 20.8 Å². The second-order valence-electron chi connectivity index (χ2n) is 3.80. The highest BCUT2D eigenvalue weighted by Gasteiger charge is 2.10. The SMILES string of the molecule is Cc1c(Br)cnn1CC(=O)Nc1ccccc1O. The standard InChI is InChI=1S/C12H12BrN3O2/c1-8-9(13)6-14-16(8)7-12(18)15-10-4-2-3-5-11(10)17/h2-6,17H,7H2,1H3,(H,15,18). The van der Waals surface area contributed by atoms with Crippen LogP contribution < -0.4 is 5.32 Å². The summed E-state index contributed by atoms with van der Waals surface area (Å²) in [5.41, 5.74) is 1.27. The van der Waals surface area contributed by atoms with Gasteiger partial charge in [-0.05, 0) is 35.0 Å². The largest absolute Gasteiger partial charge is 0.506 e. The van der Waals surface area contributed by atoms with Gasteiger partial charge in [0.15, 0.2) is 0 Å². The van der Waals surface area contributed by atoms with E-state index in [2.05, 4.69) is 26.3 Å². The van der Waals surface area contributed by atoms with Crippen LogP contribution in [0, 0.1) is 6.92 Å². The first-order chi connectivity index (χ1) is 8.58. The minimum Gasteiger partial charge on any atom is -0.506 e. The molecule has 94 valence electrons. The van der Waals surface area contributed by atoms with Gasteiger partial charge in [-0.2, -0.15) is 5.10 Å². The lowest BCUT2D eigenvalue weighted by molar-refractivity contribution is -0.117. The van der Waals surface area contributed by atoms with Crippen LogP contribution in [0.5, 0.6) is 5.75 Å². The summed E-state index contributed by atoms with van der Waals surface area (Å²) in [6, 6.07) is 6.59. The number of phenols is 1. The summed E-state index contributed by atoms with van der Waals surface area (Å²) in [6.07, 6.45) is 1.64. The van der Waals surface area contributed by atoms with Crippen LogP contribution in [-0.2, 0) is 11.3 Å². The van der Waals surface area contributed by atoms with E-state index in [1.165, 1.54) is 6.07 Å². The number of rotatable bonds is 3. The van der Waals surface area contributed by atoms with Gasteiger partial charge in [0.05, 0.1) is 22.1 Å². The average molecular weight is 310 g/mol. The van der Waals surface area contributed by atoms with Crippen LogP contribution in [0.15, 0.2) is 34.9 Å². The Bertz CT molecular complexity index is 580. The first-order valence-corrected chi connectivity index (χ1v) is 6.13. The minimum absolute atomic E-state index is 0.0456.